The summed E-state index contributed by atoms with van der Waals surface area (Å²) in [5.74, 6) is 1.97. The minimum Gasteiger partial charge on any atom is -0.208 e. The molecular weight excluding hydrogens is 687 g/mol. The van der Waals surface area contributed by atoms with Gasteiger partial charge in [0.1, 0.15) is 0 Å². The van der Waals surface area contributed by atoms with E-state index in [0.29, 0.717) is 17.5 Å². The lowest BCUT2D eigenvalue weighted by Gasteiger charge is -2.17. The van der Waals surface area contributed by atoms with Gasteiger partial charge in [0.05, 0.1) is 0 Å². The predicted octanol–water partition coefficient (Wildman–Crippen LogP) is 13.9. The predicted molar refractivity (Wildman–Crippen MR) is 231 cm³/mol. The van der Waals surface area contributed by atoms with Crippen LogP contribution in [-0.2, 0) is 0 Å². The molecule has 0 aliphatic heterocycles. The first-order valence-electron chi connectivity index (χ1n) is 18.4. The van der Waals surface area contributed by atoms with Gasteiger partial charge in [-0.15, -0.1) is 11.3 Å². The van der Waals surface area contributed by atoms with Crippen LogP contribution in [0.3, 0.4) is 0 Å². The molecule has 3 nitrogen and oxygen atoms in total. The topological polar surface area (TPSA) is 38.7 Å². The van der Waals surface area contributed by atoms with Crippen LogP contribution in [-0.4, -0.2) is 15.0 Å². The maximum atomic E-state index is 5.12. The van der Waals surface area contributed by atoms with Gasteiger partial charge in [-0.3, -0.25) is 0 Å². The van der Waals surface area contributed by atoms with Gasteiger partial charge in [0, 0.05) is 36.9 Å². The summed E-state index contributed by atoms with van der Waals surface area (Å²) in [7, 11) is 0. The third kappa shape index (κ3) is 6.19. The molecule has 0 radical (unpaired) electrons. The molecule has 0 fully saturated rings. The molecule has 0 spiro atoms. The summed E-state index contributed by atoms with van der Waals surface area (Å²) < 4.78 is 2.42. The molecule has 2 heterocycles. The van der Waals surface area contributed by atoms with Crippen LogP contribution in [0.1, 0.15) is 0 Å². The second-order valence-electron chi connectivity index (χ2n) is 13.6. The van der Waals surface area contributed by atoms with Gasteiger partial charge < -0.3 is 0 Å². The van der Waals surface area contributed by atoms with Crippen molar-refractivity contribution < 1.29 is 0 Å². The Morgan fingerprint density at radius 3 is 1.36 bits per heavy atom. The Morgan fingerprint density at radius 2 is 0.745 bits per heavy atom. The molecule has 10 aromatic rings. The van der Waals surface area contributed by atoms with E-state index >= 15 is 0 Å². The average Bonchev–Trinajstić information content (AvgIpc) is 3.65. The van der Waals surface area contributed by atoms with Crippen LogP contribution in [0.2, 0.25) is 0 Å². The maximum absolute atomic E-state index is 5.12. The fourth-order valence-electron chi connectivity index (χ4n) is 7.53. The lowest BCUT2D eigenvalue weighted by Crippen LogP contribution is -2.00. The molecule has 0 saturated carbocycles. The number of hydrogen-bond donors (Lipinski definition) is 0. The maximum Gasteiger partial charge on any atom is 0.164 e. The highest BCUT2D eigenvalue weighted by Gasteiger charge is 2.19. The van der Waals surface area contributed by atoms with Crippen molar-refractivity contribution in [2.45, 2.75) is 0 Å². The molecule has 55 heavy (non-hydrogen) atoms. The molecule has 0 aliphatic rings. The number of thiophene rings is 1. The number of fused-ring (bicyclic) bond motifs is 3. The Kier molecular flexibility index (Phi) is 8.36. The van der Waals surface area contributed by atoms with Gasteiger partial charge >= 0.3 is 0 Å². The second kappa shape index (κ2) is 14.1. The largest absolute Gasteiger partial charge is 0.208 e. The van der Waals surface area contributed by atoms with Gasteiger partial charge in [0.2, 0.25) is 0 Å². The summed E-state index contributed by atoms with van der Waals surface area (Å²) in [5, 5.41) is 2.34. The average molecular weight is 720 g/mol. The zero-order valence-electron chi connectivity index (χ0n) is 29.8. The molecule has 0 atom stereocenters. The van der Waals surface area contributed by atoms with Crippen LogP contribution in [0, 0.1) is 0 Å². The minimum atomic E-state index is 0.655. The number of hydrogen-bond acceptors (Lipinski definition) is 4. The van der Waals surface area contributed by atoms with Gasteiger partial charge in [-0.25, -0.2) is 15.0 Å². The van der Waals surface area contributed by atoms with Crippen molar-refractivity contribution >= 4 is 31.5 Å². The van der Waals surface area contributed by atoms with Gasteiger partial charge in [-0.05, 0) is 62.7 Å². The Labute approximate surface area is 323 Å². The second-order valence-corrected chi connectivity index (χ2v) is 14.7. The van der Waals surface area contributed by atoms with Crippen LogP contribution in [0.5, 0.6) is 0 Å². The van der Waals surface area contributed by atoms with E-state index < -0.39 is 0 Å². The zero-order chi connectivity index (χ0) is 36.6. The van der Waals surface area contributed by atoms with Crippen molar-refractivity contribution in [3.05, 3.63) is 200 Å². The van der Waals surface area contributed by atoms with E-state index in [2.05, 4.69) is 164 Å². The van der Waals surface area contributed by atoms with E-state index in [9.17, 15) is 0 Å². The molecule has 0 bridgehead atoms. The third-order valence-electron chi connectivity index (χ3n) is 10.2. The standard InChI is InChI=1S/C51H33N3S/c1-5-15-34(16-6-1)35-27-29-36(30-28-35)41-23-13-24-42(47(41)37-17-7-2-8-18-37)40-31-32-45-44(33-40)48-43(25-14-26-46(48)55-45)51-53-49(38-19-9-3-10-20-38)52-50(54-51)39-21-11-4-12-22-39/h1-33H. The fourth-order valence-corrected chi connectivity index (χ4v) is 8.64. The number of benzene rings is 8. The summed E-state index contributed by atoms with van der Waals surface area (Å²) in [6.45, 7) is 0. The highest BCUT2D eigenvalue weighted by atomic mass is 32.1. The normalized spacial score (nSPS) is 11.3. The van der Waals surface area contributed by atoms with E-state index in [4.69, 9.17) is 15.0 Å². The van der Waals surface area contributed by atoms with Crippen molar-refractivity contribution in [2.24, 2.45) is 0 Å². The summed E-state index contributed by atoms with van der Waals surface area (Å²) in [6, 6.07) is 70.6. The molecule has 258 valence electrons. The van der Waals surface area contributed by atoms with E-state index in [1.54, 1.807) is 11.3 Å². The Bertz CT molecular complexity index is 2880. The summed E-state index contributed by atoms with van der Waals surface area (Å²) >= 11 is 1.80. The molecular formula is C51H33N3S. The molecule has 2 aromatic heterocycles. The van der Waals surface area contributed by atoms with Gasteiger partial charge in [0.25, 0.3) is 0 Å². The van der Waals surface area contributed by atoms with Crippen molar-refractivity contribution in [1.29, 1.82) is 0 Å². The molecule has 0 amide bonds. The third-order valence-corrected chi connectivity index (χ3v) is 11.3. The lowest BCUT2D eigenvalue weighted by atomic mass is 9.87. The molecule has 0 N–H and O–H groups in total. The first-order valence-corrected chi connectivity index (χ1v) is 19.3. The van der Waals surface area contributed by atoms with E-state index in [0.717, 1.165) is 27.6 Å². The van der Waals surface area contributed by atoms with Gasteiger partial charge in [0.15, 0.2) is 17.5 Å². The van der Waals surface area contributed by atoms with Crippen LogP contribution >= 0.6 is 11.3 Å². The zero-order valence-corrected chi connectivity index (χ0v) is 30.6. The van der Waals surface area contributed by atoms with E-state index in [-0.39, 0.29) is 0 Å². The number of rotatable bonds is 7. The van der Waals surface area contributed by atoms with Gasteiger partial charge in [-0.1, -0.05) is 182 Å². The van der Waals surface area contributed by atoms with Crippen molar-refractivity contribution in [3.63, 3.8) is 0 Å². The van der Waals surface area contributed by atoms with Crippen LogP contribution < -0.4 is 0 Å². The minimum absolute atomic E-state index is 0.655. The van der Waals surface area contributed by atoms with Crippen LogP contribution in [0.25, 0.3) is 98.8 Å². The van der Waals surface area contributed by atoms with Gasteiger partial charge in [-0.2, -0.15) is 0 Å². The molecule has 8 aromatic carbocycles. The van der Waals surface area contributed by atoms with Crippen LogP contribution in [0.15, 0.2) is 200 Å². The quantitative estimate of drug-likeness (QED) is 0.165. The molecule has 4 heteroatoms. The summed E-state index contributed by atoms with van der Waals surface area (Å²) in [6.07, 6.45) is 0. The van der Waals surface area contributed by atoms with Crippen molar-refractivity contribution in [1.82, 2.24) is 15.0 Å². The summed E-state index contributed by atoms with van der Waals surface area (Å²) in [4.78, 5) is 15.2. The monoisotopic (exact) mass is 719 g/mol. The Balaban J connectivity index is 1.15. The van der Waals surface area contributed by atoms with Crippen molar-refractivity contribution in [3.8, 4) is 78.7 Å². The SMILES string of the molecule is c1ccc(-c2ccc(-c3cccc(-c4ccc5sc6cccc(-c7nc(-c8ccccc8)nc(-c8ccccc8)n7)c6c5c4)c3-c3ccccc3)cc2)cc1. The van der Waals surface area contributed by atoms with E-state index in [1.165, 1.54) is 53.7 Å². The first-order chi connectivity index (χ1) is 27.3. The Morgan fingerprint density at radius 1 is 0.291 bits per heavy atom. The smallest absolute Gasteiger partial charge is 0.164 e. The van der Waals surface area contributed by atoms with E-state index in [1.807, 2.05) is 36.4 Å². The van der Waals surface area contributed by atoms with Crippen LogP contribution in [0.4, 0.5) is 0 Å². The first kappa shape index (κ1) is 32.6. The summed E-state index contributed by atoms with van der Waals surface area (Å²) in [5.41, 5.74) is 12.5. The molecule has 0 saturated heterocycles. The molecule has 0 unspecified atom stereocenters. The fraction of sp³-hybridized carbons (Fsp3) is 0. The molecule has 10 rings (SSSR count). The number of nitrogens with zero attached hydrogens (tertiary/aromatic N) is 3. The number of aromatic nitrogens is 3. The Hall–Kier alpha value is -7.01. The van der Waals surface area contributed by atoms with Crippen molar-refractivity contribution in [2.75, 3.05) is 0 Å². The lowest BCUT2D eigenvalue weighted by molar-refractivity contribution is 1.08. The highest BCUT2D eigenvalue weighted by Crippen LogP contribution is 2.45. The highest BCUT2D eigenvalue weighted by molar-refractivity contribution is 7.26. The molecule has 0 aliphatic carbocycles.